The van der Waals surface area contributed by atoms with E-state index < -0.39 is 0 Å². The van der Waals surface area contributed by atoms with Crippen molar-refractivity contribution in [3.63, 3.8) is 0 Å². The number of pyridine rings is 1. The van der Waals surface area contributed by atoms with E-state index in [-0.39, 0.29) is 6.04 Å². The smallest absolute Gasteiger partial charge is 0.0291 e. The molecule has 2 aromatic carbocycles. The molecule has 3 N–H and O–H groups in total. The number of nitrogens with two attached hydrogens (primary N) is 1. The number of rotatable bonds is 5. The van der Waals surface area contributed by atoms with Crippen LogP contribution in [0.2, 0.25) is 0 Å². The van der Waals surface area contributed by atoms with Crippen molar-refractivity contribution in [1.82, 2.24) is 10.4 Å². The summed E-state index contributed by atoms with van der Waals surface area (Å²) in [5.74, 6) is 5.72. The number of hydrazine groups is 1. The molecule has 0 amide bonds. The van der Waals surface area contributed by atoms with E-state index in [1.165, 1.54) is 21.9 Å². The van der Waals surface area contributed by atoms with Gasteiger partial charge in [0, 0.05) is 18.4 Å². The minimum atomic E-state index is 0.216. The molecule has 0 aliphatic carbocycles. The Morgan fingerprint density at radius 2 is 1.57 bits per heavy atom. The van der Waals surface area contributed by atoms with Crippen LogP contribution in [0.3, 0.4) is 0 Å². The standard InChI is InChI=1S/C18H19N3/c19-21-18(12-14-7-9-20-10-8-14)13-15-5-6-16-3-1-2-4-17(16)11-15/h1-11,18,21H,12-13,19H2. The number of hydrogen-bond donors (Lipinski definition) is 2. The van der Waals surface area contributed by atoms with E-state index in [0.717, 1.165) is 12.8 Å². The first-order valence-electron chi connectivity index (χ1n) is 7.18. The molecule has 3 nitrogen and oxygen atoms in total. The fraction of sp³-hybridized carbons (Fsp3) is 0.167. The third-order valence-corrected chi connectivity index (χ3v) is 3.76. The second kappa shape index (κ2) is 6.48. The number of hydrogen-bond acceptors (Lipinski definition) is 3. The van der Waals surface area contributed by atoms with Crippen molar-refractivity contribution in [2.75, 3.05) is 0 Å². The van der Waals surface area contributed by atoms with Gasteiger partial charge in [0.1, 0.15) is 0 Å². The Balaban J connectivity index is 1.76. The molecule has 1 atom stereocenters. The molecule has 0 bridgehead atoms. The monoisotopic (exact) mass is 277 g/mol. The summed E-state index contributed by atoms with van der Waals surface area (Å²) in [5.41, 5.74) is 5.47. The number of nitrogens with one attached hydrogen (secondary N) is 1. The minimum absolute atomic E-state index is 0.216. The maximum Gasteiger partial charge on any atom is 0.0291 e. The Morgan fingerprint density at radius 3 is 2.33 bits per heavy atom. The van der Waals surface area contributed by atoms with E-state index in [1.807, 2.05) is 24.5 Å². The zero-order chi connectivity index (χ0) is 14.5. The van der Waals surface area contributed by atoms with Gasteiger partial charge in [-0.15, -0.1) is 0 Å². The largest absolute Gasteiger partial charge is 0.271 e. The second-order valence-electron chi connectivity index (χ2n) is 5.31. The quantitative estimate of drug-likeness (QED) is 0.557. The fourth-order valence-corrected chi connectivity index (χ4v) is 2.64. The highest BCUT2D eigenvalue weighted by atomic mass is 15.2. The van der Waals surface area contributed by atoms with Gasteiger partial charge in [-0.3, -0.25) is 16.3 Å². The Morgan fingerprint density at radius 1 is 0.857 bits per heavy atom. The van der Waals surface area contributed by atoms with Gasteiger partial charge in [-0.1, -0.05) is 42.5 Å². The van der Waals surface area contributed by atoms with Crippen LogP contribution in [0, 0.1) is 0 Å². The van der Waals surface area contributed by atoms with Gasteiger partial charge in [-0.05, 0) is 46.9 Å². The lowest BCUT2D eigenvalue weighted by Crippen LogP contribution is -2.38. The highest BCUT2D eigenvalue weighted by Crippen LogP contribution is 2.17. The maximum atomic E-state index is 5.72. The first-order valence-corrected chi connectivity index (χ1v) is 7.18. The first-order chi connectivity index (χ1) is 10.3. The first kappa shape index (κ1) is 13.7. The molecule has 1 heterocycles. The Kier molecular flexibility index (Phi) is 4.24. The van der Waals surface area contributed by atoms with Gasteiger partial charge in [0.25, 0.3) is 0 Å². The van der Waals surface area contributed by atoms with Crippen molar-refractivity contribution in [1.29, 1.82) is 0 Å². The van der Waals surface area contributed by atoms with Crippen LogP contribution in [-0.2, 0) is 12.8 Å². The molecule has 21 heavy (non-hydrogen) atoms. The van der Waals surface area contributed by atoms with Gasteiger partial charge >= 0.3 is 0 Å². The number of fused-ring (bicyclic) bond motifs is 1. The summed E-state index contributed by atoms with van der Waals surface area (Å²) in [4.78, 5) is 4.04. The number of benzene rings is 2. The average molecular weight is 277 g/mol. The molecule has 106 valence electrons. The van der Waals surface area contributed by atoms with Crippen molar-refractivity contribution in [3.8, 4) is 0 Å². The molecule has 3 heteroatoms. The molecule has 1 aromatic heterocycles. The SMILES string of the molecule is NNC(Cc1ccncc1)Cc1ccc2ccccc2c1. The lowest BCUT2D eigenvalue weighted by Gasteiger charge is -2.16. The highest BCUT2D eigenvalue weighted by molar-refractivity contribution is 5.82. The number of nitrogens with zero attached hydrogens (tertiary/aromatic N) is 1. The van der Waals surface area contributed by atoms with Gasteiger partial charge in [0.05, 0.1) is 0 Å². The lowest BCUT2D eigenvalue weighted by atomic mass is 9.98. The van der Waals surface area contributed by atoms with Crippen LogP contribution < -0.4 is 11.3 Å². The van der Waals surface area contributed by atoms with Crippen LogP contribution in [0.5, 0.6) is 0 Å². The summed E-state index contributed by atoms with van der Waals surface area (Å²) in [6, 6.07) is 19.3. The molecule has 0 aliphatic rings. The fourth-order valence-electron chi connectivity index (χ4n) is 2.64. The van der Waals surface area contributed by atoms with Crippen LogP contribution in [0.4, 0.5) is 0 Å². The predicted octanol–water partition coefficient (Wildman–Crippen LogP) is 2.85. The molecule has 0 spiro atoms. The summed E-state index contributed by atoms with van der Waals surface area (Å²) < 4.78 is 0. The van der Waals surface area contributed by atoms with Crippen molar-refractivity contribution < 1.29 is 0 Å². The molecule has 3 aromatic rings. The lowest BCUT2D eigenvalue weighted by molar-refractivity contribution is 0.522. The molecule has 0 saturated heterocycles. The molecular formula is C18H19N3. The van der Waals surface area contributed by atoms with Gasteiger partial charge in [-0.25, -0.2) is 0 Å². The summed E-state index contributed by atoms with van der Waals surface area (Å²) in [5, 5.41) is 2.54. The van der Waals surface area contributed by atoms with E-state index in [9.17, 15) is 0 Å². The third-order valence-electron chi connectivity index (χ3n) is 3.76. The van der Waals surface area contributed by atoms with Crippen LogP contribution in [0.15, 0.2) is 67.0 Å². The molecular weight excluding hydrogens is 258 g/mol. The molecule has 0 saturated carbocycles. The summed E-state index contributed by atoms with van der Waals surface area (Å²) in [7, 11) is 0. The highest BCUT2D eigenvalue weighted by Gasteiger charge is 2.09. The van der Waals surface area contributed by atoms with Crippen molar-refractivity contribution in [2.45, 2.75) is 18.9 Å². The van der Waals surface area contributed by atoms with Crippen LogP contribution in [0.25, 0.3) is 10.8 Å². The molecule has 0 radical (unpaired) electrons. The molecule has 3 rings (SSSR count). The predicted molar refractivity (Wildman–Crippen MR) is 86.7 cm³/mol. The molecule has 1 unspecified atom stereocenters. The topological polar surface area (TPSA) is 50.9 Å². The van der Waals surface area contributed by atoms with Crippen LogP contribution in [-0.4, -0.2) is 11.0 Å². The van der Waals surface area contributed by atoms with Gasteiger partial charge in [-0.2, -0.15) is 0 Å². The molecule has 0 fully saturated rings. The van der Waals surface area contributed by atoms with Crippen molar-refractivity contribution >= 4 is 10.8 Å². The minimum Gasteiger partial charge on any atom is -0.271 e. The summed E-state index contributed by atoms with van der Waals surface area (Å²) in [6.45, 7) is 0. The Labute approximate surface area is 124 Å². The van der Waals surface area contributed by atoms with Crippen LogP contribution >= 0.6 is 0 Å². The van der Waals surface area contributed by atoms with Crippen LogP contribution in [0.1, 0.15) is 11.1 Å². The normalized spacial score (nSPS) is 12.4. The summed E-state index contributed by atoms with van der Waals surface area (Å²) >= 11 is 0. The van der Waals surface area contributed by atoms with E-state index in [1.54, 1.807) is 0 Å². The van der Waals surface area contributed by atoms with Crippen molar-refractivity contribution in [3.05, 3.63) is 78.1 Å². The summed E-state index contributed by atoms with van der Waals surface area (Å²) in [6.07, 6.45) is 5.44. The van der Waals surface area contributed by atoms with E-state index in [2.05, 4.69) is 52.9 Å². The van der Waals surface area contributed by atoms with E-state index >= 15 is 0 Å². The second-order valence-corrected chi connectivity index (χ2v) is 5.31. The maximum absolute atomic E-state index is 5.72. The van der Waals surface area contributed by atoms with Gasteiger partial charge in [0.15, 0.2) is 0 Å². The molecule has 0 aliphatic heterocycles. The van der Waals surface area contributed by atoms with E-state index in [0.29, 0.717) is 0 Å². The zero-order valence-corrected chi connectivity index (χ0v) is 11.9. The zero-order valence-electron chi connectivity index (χ0n) is 11.9. The van der Waals surface area contributed by atoms with Gasteiger partial charge in [0.2, 0.25) is 0 Å². The Bertz CT molecular complexity index is 710. The number of aromatic nitrogens is 1. The van der Waals surface area contributed by atoms with Gasteiger partial charge < -0.3 is 0 Å². The Hall–Kier alpha value is -2.23. The van der Waals surface area contributed by atoms with E-state index in [4.69, 9.17) is 5.84 Å². The average Bonchev–Trinajstić information content (AvgIpc) is 2.55. The third kappa shape index (κ3) is 3.45. The van der Waals surface area contributed by atoms with Crippen molar-refractivity contribution in [2.24, 2.45) is 5.84 Å².